The molecule has 5 aliphatic rings. The first-order valence-electron chi connectivity index (χ1n) is 51.2. The van der Waals surface area contributed by atoms with E-state index in [-0.39, 0.29) is 26.4 Å². The average Bonchev–Trinajstić information content (AvgIpc) is 0.892. The van der Waals surface area contributed by atoms with Crippen LogP contribution >= 0.6 is 0 Å². The molecule has 0 aliphatic carbocycles. The Morgan fingerprint density at radius 2 is 0.294 bits per heavy atom. The predicted molar refractivity (Wildman–Crippen MR) is 603 cm³/mol. The predicted octanol–water partition coefficient (Wildman–Crippen LogP) is 22.9. The van der Waals surface area contributed by atoms with Crippen LogP contribution in [0.3, 0.4) is 0 Å². The highest BCUT2D eigenvalue weighted by Gasteiger charge is 2.61. The molecule has 808 valence electrons. The van der Waals surface area contributed by atoms with Gasteiger partial charge in [-0.3, -0.25) is 0 Å². The third-order valence-corrected chi connectivity index (χ3v) is 55.7. The summed E-state index contributed by atoms with van der Waals surface area (Å²) in [6.07, 6.45) is -9.29. The van der Waals surface area contributed by atoms with Crippen molar-refractivity contribution in [1.29, 1.82) is 0 Å². The van der Waals surface area contributed by atoms with Crippen LogP contribution < -0.4 is 0 Å². The minimum absolute atomic E-state index is 0.285. The van der Waals surface area contributed by atoms with Crippen molar-refractivity contribution in [2.24, 2.45) is 0 Å². The van der Waals surface area contributed by atoms with Gasteiger partial charge in [0.15, 0.2) is 158 Å². The van der Waals surface area contributed by atoms with Crippen LogP contribution in [0.2, 0.25) is 365 Å². The van der Waals surface area contributed by atoms with Gasteiger partial charge in [0.2, 0.25) is 0 Å². The molecule has 0 bridgehead atoms. The van der Waals surface area contributed by atoms with Gasteiger partial charge in [-0.2, -0.15) is 0 Å². The molecule has 28 nitrogen and oxygen atoms in total. The van der Waals surface area contributed by atoms with E-state index in [1.54, 1.807) is 0 Å². The van der Waals surface area contributed by atoms with Crippen molar-refractivity contribution in [3.63, 3.8) is 0 Å². The van der Waals surface area contributed by atoms with Gasteiger partial charge >= 0.3 is 34.2 Å². The van der Waals surface area contributed by atoms with E-state index in [0.29, 0.717) is 76.3 Å². The van der Waals surface area contributed by atoms with E-state index in [1.807, 2.05) is 0 Å². The Labute approximate surface area is 851 Å². The lowest BCUT2D eigenvalue weighted by atomic mass is 9.99. The van der Waals surface area contributed by atoms with Crippen molar-refractivity contribution in [3.05, 3.63) is 0 Å². The zero-order chi connectivity index (χ0) is 105. The largest absolute Gasteiger partial charge is 0.416 e. The van der Waals surface area contributed by atoms with Gasteiger partial charge in [0, 0.05) is 26.4 Å². The van der Waals surface area contributed by atoms with Crippen molar-refractivity contribution < 1.29 is 125 Å². The number of ether oxygens (including phenoxy) is 8. The molecule has 5 saturated heterocycles. The molecule has 0 aromatic carbocycles. The molecule has 20 atom stereocenters. The van der Waals surface area contributed by atoms with Gasteiger partial charge in [-0.15, -0.1) is 0 Å². The van der Waals surface area contributed by atoms with Crippen molar-refractivity contribution in [3.8, 4) is 0 Å². The maximum Gasteiger partial charge on any atom is 0.317 e. The van der Waals surface area contributed by atoms with Gasteiger partial charge in [-0.25, -0.2) is 0 Å². The fourth-order valence-electron chi connectivity index (χ4n) is 17.1. The maximum absolute atomic E-state index is 8.22. The van der Waals surface area contributed by atoms with Gasteiger partial charge in [-0.1, -0.05) is 0 Å². The smallest absolute Gasteiger partial charge is 0.317 e. The van der Waals surface area contributed by atoms with E-state index >= 15 is 0 Å². The monoisotopic (exact) mass is 2270 g/mol. The number of rotatable bonds is 56. The summed E-state index contributed by atoms with van der Waals surface area (Å²) in [5.74, 6) is 0. The average molecular weight is 2280 g/mol. The molecule has 0 aromatic rings. The van der Waals surface area contributed by atoms with Gasteiger partial charge in [-0.05, 0) is 390 Å². The van der Waals surface area contributed by atoms with E-state index < -0.39 is 290 Å². The second-order valence-electron chi connectivity index (χ2n) is 55.0. The van der Waals surface area contributed by atoms with Crippen LogP contribution in [-0.4, -0.2) is 343 Å². The summed E-state index contributed by atoms with van der Waals surface area (Å²) >= 11 is 0. The Bertz CT molecular complexity index is 3060. The van der Waals surface area contributed by atoms with Crippen molar-refractivity contribution >= 4 is 167 Å². The fourth-order valence-corrected chi connectivity index (χ4v) is 56.0. The summed E-state index contributed by atoms with van der Waals surface area (Å²) in [6.45, 7) is 118. The topological polar surface area (TPSA) is 258 Å². The van der Waals surface area contributed by atoms with Crippen LogP contribution in [0, 0.1) is 0 Å². The Balaban J connectivity index is 1.77. The lowest BCUT2D eigenvalue weighted by Gasteiger charge is -2.51. The highest BCUT2D eigenvalue weighted by molar-refractivity contribution is 6.94. The molecule has 136 heavy (non-hydrogen) atoms. The molecule has 0 saturated carbocycles. The summed E-state index contributed by atoms with van der Waals surface area (Å²) in [6, 6.07) is 2.07. The highest BCUT2D eigenvalue weighted by Crippen LogP contribution is 2.45. The summed E-state index contributed by atoms with van der Waals surface area (Å²) in [5, 5.41) is 0. The summed E-state index contributed by atoms with van der Waals surface area (Å²) in [5.41, 5.74) is 0. The van der Waals surface area contributed by atoms with E-state index in [2.05, 4.69) is 340 Å². The van der Waals surface area contributed by atoms with Gasteiger partial charge in [0.1, 0.15) is 97.7 Å². The highest BCUT2D eigenvalue weighted by atomic mass is 28.5. The standard InChI is InChI=1S/C88H208O28Si20/c1-117(2,3)93-65-69-73(101-121(13,14)15)77(105-125(25,26)27)81(109-129(37,38)39)85(97-69)89-57-53-61-133(49)113-134(50,62-54-58-90-86-82(110-130(40,41)42)78(106-126(28,29)30)74(102-122(16,17)18)70(98-86)66-94-118(4,5)6)115-136(52,64-56-60-92-88-84(112-132(46,47)48)80(108-128(34,35)36)76(104-124(22,23)24)72(100-88)68-96-120(10,11)12)116-135(51,114-133)63-55-59-91-87-83(111-131(43,44)45)79(107-127(31,32)33)75(103-123(19,20)21)71(99-87)67-95-119(7,8)9/h69-88H,53-68H2,1-52H3/t69-,70-,71-,72-,73-,74-,75-,76-,77+,78+,79+,80+,81-,82-,83-,84-,85?,86?,87?,88?,133?,134?,135?,136?/m1/s1. The Hall–Kier alpha value is 3.22. The molecule has 0 aromatic heterocycles. The third kappa shape index (κ3) is 51.1. The van der Waals surface area contributed by atoms with Crippen LogP contribution in [0.15, 0.2) is 0 Å². The molecule has 5 rings (SSSR count). The molecular weight excluding hydrogens is 2070 g/mol. The zero-order valence-electron chi connectivity index (χ0n) is 96.3. The normalized spacial score (nSPS) is 32.9. The lowest BCUT2D eigenvalue weighted by molar-refractivity contribution is -0.290. The molecule has 4 unspecified atom stereocenters. The first kappa shape index (κ1) is 130. The van der Waals surface area contributed by atoms with Crippen LogP contribution in [0.25, 0.3) is 0 Å². The molecule has 5 aliphatic heterocycles. The Morgan fingerprint density at radius 3 is 0.419 bits per heavy atom. The first-order valence-corrected chi connectivity index (χ1v) is 116. The molecule has 0 N–H and O–H groups in total. The van der Waals surface area contributed by atoms with E-state index in [4.69, 9.17) is 125 Å². The number of hydrogen-bond acceptors (Lipinski definition) is 28. The third-order valence-electron chi connectivity index (χ3n) is 20.9. The maximum atomic E-state index is 8.22. The molecule has 0 radical (unpaired) electrons. The second-order valence-corrected chi connectivity index (χ2v) is 141. The second kappa shape index (κ2) is 50.4. The van der Waals surface area contributed by atoms with E-state index in [9.17, 15) is 0 Å². The Morgan fingerprint density at radius 1 is 0.169 bits per heavy atom. The van der Waals surface area contributed by atoms with E-state index in [1.165, 1.54) is 0 Å². The first-order chi connectivity index (χ1) is 60.7. The zero-order valence-corrected chi connectivity index (χ0v) is 116. The molecule has 48 heteroatoms. The quantitative estimate of drug-likeness (QED) is 0.0405. The SMILES string of the molecule is C[Si](C)(C)OC[C@H]1OC(OCCC[Si]2(C)O[Si](C)(CCCOC3O[C@H](CO[Si](C)(C)C)[C@@H](O[Si](C)(C)C)[C@H](O[Si](C)(C)C)[C@H]3O[Si](C)(C)C)O[Si](C)(CCCOC3O[C@H](CO[Si](C)(C)C)[C@@H](O[Si](C)(C)C)[C@H](O[Si](C)(C)C)[C@H]3O[Si](C)(C)C)O[Si](C)(CCCOC3O[C@H](CO[Si](C)(C)C)[C@@H](O[Si](C)(C)C)[C@H](O[Si](C)(C)C)[C@H]3O[Si](C)(C)C)O2)[C@H](O[Si](C)(C)C)[C@@H](O[Si](C)(C)C)[C@@H]1O[Si](C)(C)C. The molecule has 5 fully saturated rings. The van der Waals surface area contributed by atoms with Gasteiger partial charge < -0.3 is 125 Å². The minimum Gasteiger partial charge on any atom is -0.416 e. The van der Waals surface area contributed by atoms with Crippen LogP contribution in [0.1, 0.15) is 25.7 Å². The summed E-state index contributed by atoms with van der Waals surface area (Å²) in [4.78, 5) is 0. The van der Waals surface area contributed by atoms with Crippen LogP contribution in [0.4, 0.5) is 0 Å². The molecule has 0 spiro atoms. The fraction of sp³-hybridized carbons (Fsp3) is 1.00. The number of hydrogen-bond donors (Lipinski definition) is 0. The lowest BCUT2D eigenvalue weighted by Crippen LogP contribution is -2.67. The van der Waals surface area contributed by atoms with Crippen LogP contribution in [-0.2, 0) is 125 Å². The van der Waals surface area contributed by atoms with E-state index in [0.717, 1.165) is 0 Å². The van der Waals surface area contributed by atoms with Crippen molar-refractivity contribution in [1.82, 2.24) is 0 Å². The summed E-state index contributed by atoms with van der Waals surface area (Å²) in [7, 11) is -49.9. The van der Waals surface area contributed by atoms with Crippen molar-refractivity contribution in [2.75, 3.05) is 52.9 Å². The minimum atomic E-state index is -3.54. The van der Waals surface area contributed by atoms with Crippen molar-refractivity contribution in [2.45, 2.75) is 513 Å². The Kier molecular flexibility index (Phi) is 48.1. The molecule has 5 heterocycles. The molecule has 0 amide bonds. The summed E-state index contributed by atoms with van der Waals surface area (Å²) < 4.78 is 206. The van der Waals surface area contributed by atoms with Gasteiger partial charge in [0.25, 0.3) is 0 Å². The molecular formula is C88H208O28Si20. The van der Waals surface area contributed by atoms with Gasteiger partial charge in [0.05, 0.1) is 26.4 Å². The van der Waals surface area contributed by atoms with Crippen LogP contribution in [0.5, 0.6) is 0 Å².